The van der Waals surface area contributed by atoms with Gasteiger partial charge in [-0.15, -0.1) is 0 Å². The Kier molecular flexibility index (Phi) is 6.90. The zero-order valence-corrected chi connectivity index (χ0v) is 14.2. The quantitative estimate of drug-likeness (QED) is 0.833. The lowest BCUT2D eigenvalue weighted by Gasteiger charge is -2.24. The third-order valence-corrected chi connectivity index (χ3v) is 3.33. The van der Waals surface area contributed by atoms with Gasteiger partial charge in [0, 0.05) is 31.6 Å². The number of nitrogens with zero attached hydrogens (tertiary/aromatic N) is 1. The van der Waals surface area contributed by atoms with Crippen molar-refractivity contribution in [1.82, 2.24) is 10.2 Å². The first-order chi connectivity index (χ1) is 9.81. The minimum atomic E-state index is 0.0623. The third kappa shape index (κ3) is 7.28. The number of benzene rings is 1. The molecule has 3 nitrogen and oxygen atoms in total. The minimum Gasteiger partial charge on any atom is -0.338 e. The summed E-state index contributed by atoms with van der Waals surface area (Å²) >= 11 is 0. The maximum Gasteiger partial charge on any atom is 0.224 e. The largest absolute Gasteiger partial charge is 0.338 e. The molecule has 0 fully saturated rings. The van der Waals surface area contributed by atoms with Crippen LogP contribution in [0.2, 0.25) is 0 Å². The van der Waals surface area contributed by atoms with E-state index in [1.54, 1.807) is 0 Å². The molecule has 1 N–H and O–H groups in total. The summed E-state index contributed by atoms with van der Waals surface area (Å²) in [7, 11) is 0. The highest BCUT2D eigenvalue weighted by Crippen LogP contribution is 2.09. The Bertz CT molecular complexity index is 432. The number of amides is 1. The lowest BCUT2D eigenvalue weighted by Crippen LogP contribution is -2.39. The van der Waals surface area contributed by atoms with E-state index < -0.39 is 0 Å². The minimum absolute atomic E-state index is 0.0623. The number of carbonyl (C=O) groups excluding carboxylic acids is 1. The highest BCUT2D eigenvalue weighted by Gasteiger charge is 2.15. The Balaban J connectivity index is 2.55. The maximum atomic E-state index is 12.4. The number of nitrogens with one attached hydrogen (secondary N) is 1. The molecule has 0 spiro atoms. The first-order valence-corrected chi connectivity index (χ1v) is 7.90. The van der Waals surface area contributed by atoms with Gasteiger partial charge in [0.05, 0.1) is 0 Å². The van der Waals surface area contributed by atoms with Crippen LogP contribution in [-0.2, 0) is 11.3 Å². The van der Waals surface area contributed by atoms with Crippen molar-refractivity contribution in [2.75, 3.05) is 13.1 Å². The van der Waals surface area contributed by atoms with Gasteiger partial charge in [-0.3, -0.25) is 4.79 Å². The molecule has 1 rings (SSSR count). The van der Waals surface area contributed by atoms with Gasteiger partial charge in [-0.25, -0.2) is 0 Å². The van der Waals surface area contributed by atoms with Crippen LogP contribution in [0.5, 0.6) is 0 Å². The Morgan fingerprint density at radius 2 is 1.81 bits per heavy atom. The molecule has 1 aromatic rings. The number of carbonyl (C=O) groups is 1. The zero-order chi connectivity index (χ0) is 15.9. The summed E-state index contributed by atoms with van der Waals surface area (Å²) in [4.78, 5) is 14.3. The Morgan fingerprint density at radius 3 is 2.33 bits per heavy atom. The second-order valence-corrected chi connectivity index (χ2v) is 6.73. The van der Waals surface area contributed by atoms with Crippen LogP contribution in [0.15, 0.2) is 24.3 Å². The molecule has 0 aliphatic heterocycles. The summed E-state index contributed by atoms with van der Waals surface area (Å²) in [6, 6.07) is 8.42. The standard InChI is InChI=1S/C18H30N2O/c1-6-13-20(14-16-9-7-15(2)8-10-16)17(21)11-12-19-18(3,4)5/h7-10,19H,6,11-14H2,1-5H3. The van der Waals surface area contributed by atoms with Gasteiger partial charge >= 0.3 is 0 Å². The molecule has 0 aromatic heterocycles. The molecule has 0 saturated heterocycles. The monoisotopic (exact) mass is 290 g/mol. The van der Waals surface area contributed by atoms with Crippen molar-refractivity contribution in [3.05, 3.63) is 35.4 Å². The summed E-state index contributed by atoms with van der Waals surface area (Å²) in [5, 5.41) is 3.37. The molecule has 0 radical (unpaired) electrons. The Morgan fingerprint density at radius 1 is 1.19 bits per heavy atom. The van der Waals surface area contributed by atoms with Crippen LogP contribution in [0.4, 0.5) is 0 Å². The van der Waals surface area contributed by atoms with Gasteiger partial charge in [-0.05, 0) is 39.7 Å². The fraction of sp³-hybridized carbons (Fsp3) is 0.611. The van der Waals surface area contributed by atoms with Crippen LogP contribution < -0.4 is 5.32 Å². The van der Waals surface area contributed by atoms with Gasteiger partial charge in [-0.2, -0.15) is 0 Å². The lowest BCUT2D eigenvalue weighted by atomic mass is 10.1. The van der Waals surface area contributed by atoms with Crippen molar-refractivity contribution >= 4 is 5.91 Å². The van der Waals surface area contributed by atoms with Crippen LogP contribution >= 0.6 is 0 Å². The average molecular weight is 290 g/mol. The van der Waals surface area contributed by atoms with Crippen LogP contribution in [0.1, 0.15) is 51.7 Å². The summed E-state index contributed by atoms with van der Waals surface area (Å²) < 4.78 is 0. The average Bonchev–Trinajstić information content (AvgIpc) is 2.39. The van der Waals surface area contributed by atoms with Gasteiger partial charge in [0.15, 0.2) is 0 Å². The molecule has 0 atom stereocenters. The molecule has 0 saturated carbocycles. The first-order valence-electron chi connectivity index (χ1n) is 7.90. The van der Waals surface area contributed by atoms with Crippen molar-refractivity contribution in [3.8, 4) is 0 Å². The van der Waals surface area contributed by atoms with Crippen molar-refractivity contribution in [1.29, 1.82) is 0 Å². The Labute approximate surface area is 129 Å². The summed E-state index contributed by atoms with van der Waals surface area (Å²) in [5.74, 6) is 0.231. The smallest absolute Gasteiger partial charge is 0.224 e. The van der Waals surface area contributed by atoms with Gasteiger partial charge in [0.25, 0.3) is 0 Å². The van der Waals surface area contributed by atoms with Crippen molar-refractivity contribution in [2.24, 2.45) is 0 Å². The van der Waals surface area contributed by atoms with E-state index in [4.69, 9.17) is 0 Å². The van der Waals surface area contributed by atoms with Crippen LogP contribution in [0.3, 0.4) is 0 Å². The van der Waals surface area contributed by atoms with Gasteiger partial charge < -0.3 is 10.2 Å². The fourth-order valence-electron chi connectivity index (χ4n) is 2.18. The van der Waals surface area contributed by atoms with Crippen molar-refractivity contribution in [3.63, 3.8) is 0 Å². The molecular formula is C18H30N2O. The highest BCUT2D eigenvalue weighted by atomic mass is 16.2. The Hall–Kier alpha value is -1.35. The van der Waals surface area contributed by atoms with E-state index in [-0.39, 0.29) is 11.4 Å². The molecule has 1 aromatic carbocycles. The molecule has 0 aliphatic rings. The van der Waals surface area contributed by atoms with E-state index in [2.05, 4.69) is 64.2 Å². The lowest BCUT2D eigenvalue weighted by molar-refractivity contribution is -0.131. The van der Waals surface area contributed by atoms with Crippen molar-refractivity contribution < 1.29 is 4.79 Å². The molecule has 118 valence electrons. The molecule has 1 amide bonds. The van der Waals surface area contributed by atoms with E-state index >= 15 is 0 Å². The second-order valence-electron chi connectivity index (χ2n) is 6.73. The first kappa shape index (κ1) is 17.7. The second kappa shape index (κ2) is 8.18. The molecular weight excluding hydrogens is 260 g/mol. The molecule has 0 aliphatic carbocycles. The molecule has 21 heavy (non-hydrogen) atoms. The van der Waals surface area contributed by atoms with E-state index in [0.29, 0.717) is 13.0 Å². The summed E-state index contributed by atoms with van der Waals surface area (Å²) in [6.07, 6.45) is 1.55. The maximum absolute atomic E-state index is 12.4. The van der Waals surface area contributed by atoms with Crippen molar-refractivity contribution in [2.45, 2.75) is 59.5 Å². The topological polar surface area (TPSA) is 32.3 Å². The summed E-state index contributed by atoms with van der Waals surface area (Å²) in [6.45, 7) is 12.8. The fourth-order valence-corrected chi connectivity index (χ4v) is 2.18. The van der Waals surface area contributed by atoms with Crippen LogP contribution in [0.25, 0.3) is 0 Å². The predicted octanol–water partition coefficient (Wildman–Crippen LogP) is 3.51. The number of hydrogen-bond donors (Lipinski definition) is 1. The molecule has 0 bridgehead atoms. The zero-order valence-electron chi connectivity index (χ0n) is 14.2. The number of rotatable bonds is 7. The van der Waals surface area contributed by atoms with Crippen LogP contribution in [-0.4, -0.2) is 29.4 Å². The van der Waals surface area contributed by atoms with E-state index in [1.165, 1.54) is 11.1 Å². The highest BCUT2D eigenvalue weighted by molar-refractivity contribution is 5.76. The molecule has 0 unspecified atom stereocenters. The van der Waals surface area contributed by atoms with Gasteiger partial charge in [-0.1, -0.05) is 36.8 Å². The van der Waals surface area contributed by atoms with E-state index in [0.717, 1.165) is 19.5 Å². The van der Waals surface area contributed by atoms with E-state index in [1.807, 2.05) is 4.90 Å². The SMILES string of the molecule is CCCN(Cc1ccc(C)cc1)C(=O)CCNC(C)(C)C. The molecule has 3 heteroatoms. The third-order valence-electron chi connectivity index (χ3n) is 3.33. The summed E-state index contributed by atoms with van der Waals surface area (Å²) in [5.41, 5.74) is 2.51. The normalized spacial score (nSPS) is 11.5. The number of aryl methyl sites for hydroxylation is 1. The van der Waals surface area contributed by atoms with E-state index in [9.17, 15) is 4.79 Å². The number of hydrogen-bond acceptors (Lipinski definition) is 2. The molecule has 0 heterocycles. The predicted molar refractivity (Wildman–Crippen MR) is 89.3 cm³/mol. The van der Waals surface area contributed by atoms with Gasteiger partial charge in [0.1, 0.15) is 0 Å². The van der Waals surface area contributed by atoms with Crippen LogP contribution in [0, 0.1) is 6.92 Å². The van der Waals surface area contributed by atoms with Gasteiger partial charge in [0.2, 0.25) is 5.91 Å².